The van der Waals surface area contributed by atoms with Gasteiger partial charge < -0.3 is 10.6 Å². The summed E-state index contributed by atoms with van der Waals surface area (Å²) in [7, 11) is 0. The first-order chi connectivity index (χ1) is 14.5. The van der Waals surface area contributed by atoms with Gasteiger partial charge in [-0.15, -0.1) is 0 Å². The topological polar surface area (TPSA) is 95.6 Å². The van der Waals surface area contributed by atoms with Crippen LogP contribution in [0.25, 0.3) is 0 Å². The molecule has 0 bridgehead atoms. The van der Waals surface area contributed by atoms with E-state index in [9.17, 15) is 19.2 Å². The molecule has 1 aliphatic heterocycles. The number of hydrogen-bond donors (Lipinski definition) is 2. The van der Waals surface area contributed by atoms with E-state index >= 15 is 0 Å². The Morgan fingerprint density at radius 3 is 2.32 bits per heavy atom. The van der Waals surface area contributed by atoms with E-state index in [0.29, 0.717) is 21.8 Å². The van der Waals surface area contributed by atoms with Gasteiger partial charge in [-0.05, 0) is 43.3 Å². The van der Waals surface area contributed by atoms with Gasteiger partial charge >= 0.3 is 6.03 Å². The molecule has 1 saturated heterocycles. The Bertz CT molecular complexity index is 1070. The van der Waals surface area contributed by atoms with E-state index in [4.69, 9.17) is 23.2 Å². The maximum Gasteiger partial charge on any atom is 0.325 e. The van der Waals surface area contributed by atoms with Gasteiger partial charge in [0.1, 0.15) is 5.54 Å². The summed E-state index contributed by atoms with van der Waals surface area (Å²) in [6.45, 7) is 4.65. The number of ketones is 1. The number of amides is 4. The second kappa shape index (κ2) is 8.69. The quantitative estimate of drug-likeness (QED) is 0.496. The number of benzene rings is 2. The maximum atomic E-state index is 13.0. The van der Waals surface area contributed by atoms with Crippen LogP contribution in [0.4, 0.5) is 10.5 Å². The van der Waals surface area contributed by atoms with Crippen molar-refractivity contribution in [3.63, 3.8) is 0 Å². The van der Waals surface area contributed by atoms with Crippen LogP contribution in [0, 0.1) is 5.92 Å². The van der Waals surface area contributed by atoms with Crippen LogP contribution in [0.2, 0.25) is 10.0 Å². The molecule has 4 amide bonds. The van der Waals surface area contributed by atoms with Gasteiger partial charge in [0.25, 0.3) is 5.91 Å². The predicted molar refractivity (Wildman–Crippen MR) is 118 cm³/mol. The lowest BCUT2D eigenvalue weighted by Crippen LogP contribution is -2.41. The second-order valence-electron chi connectivity index (χ2n) is 7.72. The molecule has 162 valence electrons. The zero-order valence-corrected chi connectivity index (χ0v) is 18.7. The van der Waals surface area contributed by atoms with Crippen molar-refractivity contribution in [2.24, 2.45) is 5.92 Å². The minimum atomic E-state index is -1.41. The number of halogens is 2. The molecule has 0 spiro atoms. The third kappa shape index (κ3) is 4.57. The molecule has 7 nitrogen and oxygen atoms in total. The van der Waals surface area contributed by atoms with E-state index in [1.165, 1.54) is 25.1 Å². The maximum absolute atomic E-state index is 13.0. The van der Waals surface area contributed by atoms with Gasteiger partial charge in [0.05, 0.1) is 6.54 Å². The lowest BCUT2D eigenvalue weighted by atomic mass is 9.92. The average Bonchev–Trinajstić information content (AvgIpc) is 2.91. The highest BCUT2D eigenvalue weighted by molar-refractivity contribution is 6.35. The zero-order chi connectivity index (χ0) is 22.9. The molecule has 0 saturated carbocycles. The van der Waals surface area contributed by atoms with Crippen LogP contribution < -0.4 is 10.6 Å². The molecule has 2 aromatic rings. The van der Waals surface area contributed by atoms with E-state index in [0.717, 1.165) is 4.90 Å². The molecule has 0 aromatic heterocycles. The molecule has 2 aromatic carbocycles. The number of Topliss-reactive ketones (excluding diaryl/α,β-unsaturated/α-hetero) is 1. The SMILES string of the molecule is CC(C)C(=O)Nc1ccc(C(=O)CN2C(=O)NC(C)(c3ccc(Cl)cc3Cl)C2=O)cc1. The molecule has 1 aliphatic rings. The standard InChI is InChI=1S/C22H21Cl2N3O4/c1-12(2)19(29)25-15-7-4-13(5-8-15)18(28)11-27-20(30)22(3,26-21(27)31)16-9-6-14(23)10-17(16)24/h4-10,12H,11H2,1-3H3,(H,25,29)(H,26,31). The normalized spacial score (nSPS) is 18.3. The van der Waals surface area contributed by atoms with Crippen LogP contribution in [0.5, 0.6) is 0 Å². The Morgan fingerprint density at radius 1 is 1.10 bits per heavy atom. The smallest absolute Gasteiger partial charge is 0.325 e. The lowest BCUT2D eigenvalue weighted by Gasteiger charge is -2.23. The fourth-order valence-corrected chi connectivity index (χ4v) is 3.78. The highest BCUT2D eigenvalue weighted by Gasteiger charge is 2.50. The van der Waals surface area contributed by atoms with Gasteiger partial charge in [-0.1, -0.05) is 43.1 Å². The third-order valence-electron chi connectivity index (χ3n) is 5.05. The van der Waals surface area contributed by atoms with E-state index in [1.54, 1.807) is 38.1 Å². The third-order valence-corrected chi connectivity index (χ3v) is 5.59. The molecule has 0 radical (unpaired) electrons. The van der Waals surface area contributed by atoms with Crippen LogP contribution in [-0.4, -0.2) is 35.1 Å². The summed E-state index contributed by atoms with van der Waals surface area (Å²) in [5.41, 5.74) is -0.169. The second-order valence-corrected chi connectivity index (χ2v) is 8.56. The van der Waals surface area contributed by atoms with Gasteiger partial charge in [-0.25, -0.2) is 4.79 Å². The Morgan fingerprint density at radius 2 is 1.74 bits per heavy atom. The Balaban J connectivity index is 1.75. The number of anilines is 1. The van der Waals surface area contributed by atoms with Crippen molar-refractivity contribution in [2.75, 3.05) is 11.9 Å². The van der Waals surface area contributed by atoms with Crippen molar-refractivity contribution in [2.45, 2.75) is 26.3 Å². The fourth-order valence-electron chi connectivity index (χ4n) is 3.18. The number of carbonyl (C=O) groups is 4. The first-order valence-corrected chi connectivity index (χ1v) is 10.3. The van der Waals surface area contributed by atoms with Gasteiger partial charge in [0.15, 0.2) is 5.78 Å². The molecule has 1 unspecified atom stereocenters. The van der Waals surface area contributed by atoms with Crippen molar-refractivity contribution in [3.8, 4) is 0 Å². The molecular formula is C22H21Cl2N3O4. The van der Waals surface area contributed by atoms with Crippen molar-refractivity contribution < 1.29 is 19.2 Å². The van der Waals surface area contributed by atoms with Crippen molar-refractivity contribution in [1.29, 1.82) is 0 Å². The summed E-state index contributed by atoms with van der Waals surface area (Å²) in [6.07, 6.45) is 0. The summed E-state index contributed by atoms with van der Waals surface area (Å²) < 4.78 is 0. The first-order valence-electron chi connectivity index (χ1n) is 9.56. The number of rotatable bonds is 6. The molecule has 31 heavy (non-hydrogen) atoms. The van der Waals surface area contributed by atoms with Crippen LogP contribution in [0.15, 0.2) is 42.5 Å². The van der Waals surface area contributed by atoms with Gasteiger partial charge in [-0.3, -0.25) is 19.3 Å². The largest absolute Gasteiger partial charge is 0.326 e. The number of nitrogens with one attached hydrogen (secondary N) is 2. The van der Waals surface area contributed by atoms with Gasteiger partial charge in [-0.2, -0.15) is 0 Å². The minimum Gasteiger partial charge on any atom is -0.326 e. The summed E-state index contributed by atoms with van der Waals surface area (Å²) in [6, 6.07) is 10.2. The van der Waals surface area contributed by atoms with E-state index < -0.39 is 29.8 Å². The average molecular weight is 462 g/mol. The summed E-state index contributed by atoms with van der Waals surface area (Å²) in [5, 5.41) is 5.98. The molecule has 2 N–H and O–H groups in total. The Labute approximate surface area is 189 Å². The monoisotopic (exact) mass is 461 g/mol. The van der Waals surface area contributed by atoms with Gasteiger partial charge in [0.2, 0.25) is 5.91 Å². The molecule has 0 aliphatic carbocycles. The van der Waals surface area contributed by atoms with Gasteiger partial charge in [0, 0.05) is 32.8 Å². The fraction of sp³-hybridized carbons (Fsp3) is 0.273. The Hall–Kier alpha value is -2.90. The summed E-state index contributed by atoms with van der Waals surface area (Å²) in [4.78, 5) is 50.8. The van der Waals surface area contributed by atoms with Crippen LogP contribution in [0.1, 0.15) is 36.7 Å². The van der Waals surface area contributed by atoms with Crippen molar-refractivity contribution in [1.82, 2.24) is 10.2 Å². The molecular weight excluding hydrogens is 441 g/mol. The number of nitrogens with zero attached hydrogens (tertiary/aromatic N) is 1. The van der Waals surface area contributed by atoms with E-state index in [1.807, 2.05) is 0 Å². The summed E-state index contributed by atoms with van der Waals surface area (Å²) >= 11 is 12.1. The highest BCUT2D eigenvalue weighted by atomic mass is 35.5. The summed E-state index contributed by atoms with van der Waals surface area (Å²) in [5.74, 6) is -1.32. The number of hydrogen-bond acceptors (Lipinski definition) is 4. The van der Waals surface area contributed by atoms with E-state index in [2.05, 4.69) is 10.6 Å². The predicted octanol–water partition coefficient (Wildman–Crippen LogP) is 4.24. The number of carbonyl (C=O) groups excluding carboxylic acids is 4. The number of imide groups is 1. The molecule has 1 heterocycles. The zero-order valence-electron chi connectivity index (χ0n) is 17.2. The van der Waals surface area contributed by atoms with Crippen LogP contribution in [-0.2, 0) is 15.1 Å². The molecule has 1 fully saturated rings. The minimum absolute atomic E-state index is 0.140. The van der Waals surface area contributed by atoms with Crippen LogP contribution >= 0.6 is 23.2 Å². The number of urea groups is 1. The van der Waals surface area contributed by atoms with Crippen LogP contribution in [0.3, 0.4) is 0 Å². The first kappa shape index (κ1) is 22.8. The highest BCUT2D eigenvalue weighted by Crippen LogP contribution is 2.35. The van der Waals surface area contributed by atoms with E-state index in [-0.39, 0.29) is 16.8 Å². The van der Waals surface area contributed by atoms with Crippen molar-refractivity contribution >= 4 is 52.5 Å². The lowest BCUT2D eigenvalue weighted by molar-refractivity contribution is -0.130. The van der Waals surface area contributed by atoms with Crippen molar-refractivity contribution in [3.05, 3.63) is 63.6 Å². The Kier molecular flexibility index (Phi) is 6.38. The molecule has 9 heteroatoms. The molecule has 3 rings (SSSR count). The molecule has 1 atom stereocenters.